The fourth-order valence-electron chi connectivity index (χ4n) is 1.82. The molecule has 1 N–H and O–H groups in total. The molecule has 0 unspecified atom stereocenters. The molecule has 0 saturated carbocycles. The average molecular weight is 265 g/mol. The first-order chi connectivity index (χ1) is 9.13. The van der Waals surface area contributed by atoms with Crippen LogP contribution in [-0.2, 0) is 13.0 Å². The van der Waals surface area contributed by atoms with Crippen LogP contribution in [0.15, 0.2) is 42.5 Å². The second kappa shape index (κ2) is 6.38. The number of nitrogens with one attached hydrogen (secondary N) is 1. The summed E-state index contributed by atoms with van der Waals surface area (Å²) in [5.74, 6) is -1.39. The summed E-state index contributed by atoms with van der Waals surface area (Å²) in [5.41, 5.74) is 1.58. The van der Waals surface area contributed by atoms with Gasteiger partial charge in [0.2, 0.25) is 0 Å². The third-order valence-electron chi connectivity index (χ3n) is 2.76. The lowest BCUT2D eigenvalue weighted by molar-refractivity contribution is 0.577. The van der Waals surface area contributed by atoms with Gasteiger partial charge in [-0.25, -0.2) is 13.2 Å². The SMILES string of the molecule is Fc1ccc(CNCCc2cc(F)cc(F)c2)cc1. The molecule has 2 rings (SSSR count). The second-order valence-corrected chi connectivity index (χ2v) is 4.33. The minimum atomic E-state index is -0.562. The Kier molecular flexibility index (Phi) is 4.58. The van der Waals surface area contributed by atoms with E-state index in [1.165, 1.54) is 24.3 Å². The van der Waals surface area contributed by atoms with Gasteiger partial charge in [0.05, 0.1) is 0 Å². The molecule has 100 valence electrons. The number of halogens is 3. The van der Waals surface area contributed by atoms with Crippen LogP contribution in [0.5, 0.6) is 0 Å². The van der Waals surface area contributed by atoms with Crippen LogP contribution >= 0.6 is 0 Å². The van der Waals surface area contributed by atoms with E-state index >= 15 is 0 Å². The fourth-order valence-corrected chi connectivity index (χ4v) is 1.82. The molecule has 0 aliphatic heterocycles. The van der Waals surface area contributed by atoms with Gasteiger partial charge < -0.3 is 5.32 Å². The van der Waals surface area contributed by atoms with E-state index in [1.54, 1.807) is 12.1 Å². The van der Waals surface area contributed by atoms with Gasteiger partial charge in [-0.15, -0.1) is 0 Å². The number of hydrogen-bond donors (Lipinski definition) is 1. The molecule has 0 aliphatic rings. The van der Waals surface area contributed by atoms with Gasteiger partial charge in [0.25, 0.3) is 0 Å². The predicted molar refractivity (Wildman–Crippen MR) is 68.2 cm³/mol. The van der Waals surface area contributed by atoms with Crippen molar-refractivity contribution in [2.45, 2.75) is 13.0 Å². The van der Waals surface area contributed by atoms with Gasteiger partial charge in [-0.05, 0) is 48.4 Å². The van der Waals surface area contributed by atoms with Gasteiger partial charge in [-0.3, -0.25) is 0 Å². The van der Waals surface area contributed by atoms with Gasteiger partial charge in [0, 0.05) is 12.6 Å². The van der Waals surface area contributed by atoms with Crippen molar-refractivity contribution < 1.29 is 13.2 Å². The van der Waals surface area contributed by atoms with Crippen LogP contribution in [0.2, 0.25) is 0 Å². The third-order valence-corrected chi connectivity index (χ3v) is 2.76. The molecule has 2 aromatic rings. The molecular weight excluding hydrogens is 251 g/mol. The maximum atomic E-state index is 12.9. The van der Waals surface area contributed by atoms with Crippen molar-refractivity contribution in [1.82, 2.24) is 5.32 Å². The lowest BCUT2D eigenvalue weighted by Gasteiger charge is -2.05. The first-order valence-electron chi connectivity index (χ1n) is 6.03. The van der Waals surface area contributed by atoms with E-state index in [9.17, 15) is 13.2 Å². The van der Waals surface area contributed by atoms with Crippen molar-refractivity contribution in [3.8, 4) is 0 Å². The summed E-state index contributed by atoms with van der Waals surface area (Å²) in [4.78, 5) is 0. The van der Waals surface area contributed by atoms with Crippen LogP contribution in [-0.4, -0.2) is 6.54 Å². The normalized spacial score (nSPS) is 10.7. The number of benzene rings is 2. The Morgan fingerprint density at radius 3 is 2.00 bits per heavy atom. The summed E-state index contributed by atoms with van der Waals surface area (Å²) in [7, 11) is 0. The molecule has 0 bridgehead atoms. The van der Waals surface area contributed by atoms with Crippen LogP contribution in [0.4, 0.5) is 13.2 Å². The lowest BCUT2D eigenvalue weighted by Crippen LogP contribution is -2.16. The largest absolute Gasteiger partial charge is 0.312 e. The molecule has 0 fully saturated rings. The standard InChI is InChI=1S/C15H14F3N/c16-13-3-1-11(2-4-13)10-19-6-5-12-7-14(17)9-15(18)8-12/h1-4,7-9,19H,5-6,10H2. The summed E-state index contributed by atoms with van der Waals surface area (Å²) < 4.78 is 38.6. The minimum absolute atomic E-state index is 0.265. The molecule has 0 aromatic heterocycles. The zero-order valence-corrected chi connectivity index (χ0v) is 10.3. The van der Waals surface area contributed by atoms with E-state index in [2.05, 4.69) is 5.32 Å². The lowest BCUT2D eigenvalue weighted by atomic mass is 10.1. The van der Waals surface area contributed by atoms with Gasteiger partial charge in [0.15, 0.2) is 0 Å². The van der Waals surface area contributed by atoms with Gasteiger partial charge >= 0.3 is 0 Å². The molecule has 0 radical (unpaired) electrons. The van der Waals surface area contributed by atoms with Crippen LogP contribution in [0.3, 0.4) is 0 Å². The molecule has 1 nitrogen and oxygen atoms in total. The van der Waals surface area contributed by atoms with Gasteiger partial charge in [-0.2, -0.15) is 0 Å². The topological polar surface area (TPSA) is 12.0 Å². The highest BCUT2D eigenvalue weighted by Gasteiger charge is 2.00. The molecular formula is C15H14F3N. The fraction of sp³-hybridized carbons (Fsp3) is 0.200. The molecule has 0 saturated heterocycles. The maximum Gasteiger partial charge on any atom is 0.126 e. The smallest absolute Gasteiger partial charge is 0.126 e. The van der Waals surface area contributed by atoms with Crippen molar-refractivity contribution in [3.05, 3.63) is 71.0 Å². The Balaban J connectivity index is 1.79. The van der Waals surface area contributed by atoms with Crippen molar-refractivity contribution in [2.24, 2.45) is 0 Å². The van der Waals surface area contributed by atoms with E-state index in [0.717, 1.165) is 11.6 Å². The van der Waals surface area contributed by atoms with Crippen LogP contribution in [0, 0.1) is 17.5 Å². The summed E-state index contributed by atoms with van der Waals surface area (Å²) in [6.07, 6.45) is 0.538. The average Bonchev–Trinajstić information content (AvgIpc) is 2.36. The van der Waals surface area contributed by atoms with Crippen molar-refractivity contribution in [1.29, 1.82) is 0 Å². The molecule has 2 aromatic carbocycles. The Hall–Kier alpha value is -1.81. The Labute approximate surface area is 110 Å². The first-order valence-corrected chi connectivity index (χ1v) is 6.03. The molecule has 0 heterocycles. The molecule has 0 aliphatic carbocycles. The van der Waals surface area contributed by atoms with E-state index in [0.29, 0.717) is 25.1 Å². The van der Waals surface area contributed by atoms with Crippen LogP contribution in [0.1, 0.15) is 11.1 Å². The first kappa shape index (κ1) is 13.6. The Bertz CT molecular complexity index is 517. The van der Waals surface area contributed by atoms with Gasteiger partial charge in [0.1, 0.15) is 17.5 Å². The number of hydrogen-bond acceptors (Lipinski definition) is 1. The summed E-state index contributed by atoms with van der Waals surface area (Å²) in [6, 6.07) is 9.70. The summed E-state index contributed by atoms with van der Waals surface area (Å²) in [5, 5.41) is 3.14. The summed E-state index contributed by atoms with van der Waals surface area (Å²) in [6.45, 7) is 1.19. The highest BCUT2D eigenvalue weighted by Crippen LogP contribution is 2.08. The quantitative estimate of drug-likeness (QED) is 0.817. The molecule has 0 amide bonds. The molecule has 0 spiro atoms. The predicted octanol–water partition coefficient (Wildman–Crippen LogP) is 3.44. The zero-order chi connectivity index (χ0) is 13.7. The summed E-state index contributed by atoms with van der Waals surface area (Å²) >= 11 is 0. The van der Waals surface area contributed by atoms with E-state index < -0.39 is 11.6 Å². The van der Waals surface area contributed by atoms with Crippen molar-refractivity contribution in [3.63, 3.8) is 0 Å². The van der Waals surface area contributed by atoms with Crippen molar-refractivity contribution in [2.75, 3.05) is 6.54 Å². The molecule has 0 atom stereocenters. The molecule has 4 heteroatoms. The highest BCUT2D eigenvalue weighted by atomic mass is 19.1. The van der Waals surface area contributed by atoms with Crippen LogP contribution in [0.25, 0.3) is 0 Å². The minimum Gasteiger partial charge on any atom is -0.312 e. The maximum absolute atomic E-state index is 12.9. The van der Waals surface area contributed by atoms with E-state index in [-0.39, 0.29) is 5.82 Å². The Morgan fingerprint density at radius 2 is 1.37 bits per heavy atom. The monoisotopic (exact) mass is 265 g/mol. The Morgan fingerprint density at radius 1 is 0.737 bits per heavy atom. The van der Waals surface area contributed by atoms with Crippen molar-refractivity contribution >= 4 is 0 Å². The van der Waals surface area contributed by atoms with E-state index in [4.69, 9.17) is 0 Å². The second-order valence-electron chi connectivity index (χ2n) is 4.33. The van der Waals surface area contributed by atoms with Gasteiger partial charge in [-0.1, -0.05) is 12.1 Å². The van der Waals surface area contributed by atoms with Crippen LogP contribution < -0.4 is 5.32 Å². The number of rotatable bonds is 5. The highest BCUT2D eigenvalue weighted by molar-refractivity contribution is 5.18. The molecule has 19 heavy (non-hydrogen) atoms. The van der Waals surface area contributed by atoms with E-state index in [1.807, 2.05) is 0 Å². The third kappa shape index (κ3) is 4.41. The zero-order valence-electron chi connectivity index (χ0n) is 10.3.